The van der Waals surface area contributed by atoms with E-state index in [1.54, 1.807) is 0 Å². The third-order valence-corrected chi connectivity index (χ3v) is 2.75. The van der Waals surface area contributed by atoms with Gasteiger partial charge in [-0.3, -0.25) is 0 Å². The molecule has 0 fully saturated rings. The van der Waals surface area contributed by atoms with Crippen molar-refractivity contribution in [2.75, 3.05) is 5.73 Å². The lowest BCUT2D eigenvalue weighted by Crippen LogP contribution is -1.83. The summed E-state index contributed by atoms with van der Waals surface area (Å²) >= 11 is 3.39. The molecule has 74 valence electrons. The number of rotatable bonds is 0. The number of pyridine rings is 1. The van der Waals surface area contributed by atoms with Crippen molar-refractivity contribution in [1.29, 1.82) is 0 Å². The van der Waals surface area contributed by atoms with Crippen LogP contribution in [-0.2, 0) is 0 Å². The Kier molecular flexibility index (Phi) is 1.70. The first-order valence-electron chi connectivity index (χ1n) is 4.35. The molecular formula is C10H6BrN3O. The van der Waals surface area contributed by atoms with Gasteiger partial charge in [0.25, 0.3) is 0 Å². The first kappa shape index (κ1) is 8.67. The van der Waals surface area contributed by atoms with Gasteiger partial charge in [-0.15, -0.1) is 0 Å². The second-order valence-electron chi connectivity index (χ2n) is 3.24. The highest BCUT2D eigenvalue weighted by Crippen LogP contribution is 2.25. The van der Waals surface area contributed by atoms with E-state index in [4.69, 9.17) is 10.3 Å². The lowest BCUT2D eigenvalue weighted by Gasteiger charge is -1.97. The Labute approximate surface area is 93.2 Å². The zero-order valence-electron chi connectivity index (χ0n) is 7.57. The highest BCUT2D eigenvalue weighted by Gasteiger charge is 2.07. The summed E-state index contributed by atoms with van der Waals surface area (Å²) < 4.78 is 5.85. The zero-order valence-corrected chi connectivity index (χ0v) is 9.15. The largest absolute Gasteiger partial charge is 0.367 e. The molecule has 2 aromatic heterocycles. The summed E-state index contributed by atoms with van der Waals surface area (Å²) in [6.07, 6.45) is 0. The molecule has 2 N–H and O–H groups in total. The van der Waals surface area contributed by atoms with E-state index in [0.29, 0.717) is 11.5 Å². The maximum Gasteiger partial charge on any atom is 0.231 e. The lowest BCUT2D eigenvalue weighted by atomic mass is 10.2. The summed E-state index contributed by atoms with van der Waals surface area (Å²) in [6.45, 7) is 0. The molecule has 0 unspecified atom stereocenters. The molecule has 0 saturated heterocycles. The summed E-state index contributed by atoms with van der Waals surface area (Å²) in [7, 11) is 0. The van der Waals surface area contributed by atoms with Crippen LogP contribution in [0.3, 0.4) is 0 Å². The molecule has 0 atom stereocenters. The monoisotopic (exact) mass is 263 g/mol. The van der Waals surface area contributed by atoms with Crippen molar-refractivity contribution in [3.63, 3.8) is 0 Å². The van der Waals surface area contributed by atoms with Gasteiger partial charge in [0.15, 0.2) is 0 Å². The minimum atomic E-state index is 0.308. The van der Waals surface area contributed by atoms with Crippen LogP contribution in [0.25, 0.3) is 21.9 Å². The Hall–Kier alpha value is -1.62. The molecule has 3 aromatic rings. The van der Waals surface area contributed by atoms with Crippen molar-refractivity contribution in [1.82, 2.24) is 10.1 Å². The summed E-state index contributed by atoms with van der Waals surface area (Å²) in [6, 6.07) is 7.79. The molecule has 4 nitrogen and oxygen atoms in total. The van der Waals surface area contributed by atoms with Gasteiger partial charge >= 0.3 is 0 Å². The van der Waals surface area contributed by atoms with Gasteiger partial charge in [0, 0.05) is 9.86 Å². The third-order valence-electron chi connectivity index (χ3n) is 2.26. The normalized spacial score (nSPS) is 11.3. The van der Waals surface area contributed by atoms with Gasteiger partial charge < -0.3 is 10.3 Å². The standard InChI is InChI=1S/C10H6BrN3O/c11-6-2-1-5-3-7-9(12)15-14-10(7)13-8(5)4-6/h1-4H,12H2. The van der Waals surface area contributed by atoms with E-state index in [0.717, 1.165) is 20.8 Å². The van der Waals surface area contributed by atoms with Crippen LogP contribution in [-0.4, -0.2) is 10.1 Å². The molecule has 2 heterocycles. The minimum absolute atomic E-state index is 0.308. The van der Waals surface area contributed by atoms with Crippen molar-refractivity contribution in [3.8, 4) is 0 Å². The van der Waals surface area contributed by atoms with E-state index < -0.39 is 0 Å². The lowest BCUT2D eigenvalue weighted by molar-refractivity contribution is 0.443. The fourth-order valence-electron chi connectivity index (χ4n) is 1.52. The molecule has 0 aliphatic carbocycles. The Morgan fingerprint density at radius 2 is 2.13 bits per heavy atom. The van der Waals surface area contributed by atoms with E-state index in [1.807, 2.05) is 24.3 Å². The molecule has 0 radical (unpaired) electrons. The number of nitrogens with zero attached hydrogens (tertiary/aromatic N) is 2. The highest BCUT2D eigenvalue weighted by molar-refractivity contribution is 9.10. The summed E-state index contributed by atoms with van der Waals surface area (Å²) in [5.41, 5.74) is 7.02. The molecule has 0 spiro atoms. The maximum atomic E-state index is 5.62. The van der Waals surface area contributed by atoms with Crippen LogP contribution >= 0.6 is 15.9 Å². The number of aromatic nitrogens is 2. The van der Waals surface area contributed by atoms with Crippen molar-refractivity contribution < 1.29 is 4.52 Å². The molecular weight excluding hydrogens is 258 g/mol. The van der Waals surface area contributed by atoms with Crippen LogP contribution in [0.2, 0.25) is 0 Å². The van der Waals surface area contributed by atoms with Gasteiger partial charge in [-0.1, -0.05) is 27.2 Å². The van der Waals surface area contributed by atoms with Crippen molar-refractivity contribution in [2.24, 2.45) is 0 Å². The average molecular weight is 264 g/mol. The summed E-state index contributed by atoms with van der Waals surface area (Å²) in [5, 5.41) is 5.54. The molecule has 0 aliphatic heterocycles. The van der Waals surface area contributed by atoms with Crippen molar-refractivity contribution in [3.05, 3.63) is 28.7 Å². The first-order valence-corrected chi connectivity index (χ1v) is 5.14. The van der Waals surface area contributed by atoms with Crippen LogP contribution in [0.15, 0.2) is 33.3 Å². The minimum Gasteiger partial charge on any atom is -0.367 e. The molecule has 0 bridgehead atoms. The van der Waals surface area contributed by atoms with Gasteiger partial charge in [0.1, 0.15) is 0 Å². The molecule has 0 aliphatic rings. The van der Waals surface area contributed by atoms with Crippen molar-refractivity contribution in [2.45, 2.75) is 0 Å². The molecule has 0 amide bonds. The van der Waals surface area contributed by atoms with Gasteiger partial charge in [-0.25, -0.2) is 4.98 Å². The molecule has 5 heteroatoms. The fraction of sp³-hybridized carbons (Fsp3) is 0. The number of fused-ring (bicyclic) bond motifs is 2. The Morgan fingerprint density at radius 1 is 1.27 bits per heavy atom. The Balaban J connectivity index is 2.49. The van der Waals surface area contributed by atoms with Crippen LogP contribution in [0.5, 0.6) is 0 Å². The average Bonchev–Trinajstić information content (AvgIpc) is 2.57. The molecule has 15 heavy (non-hydrogen) atoms. The third kappa shape index (κ3) is 1.27. The quantitative estimate of drug-likeness (QED) is 0.678. The van der Waals surface area contributed by atoms with E-state index in [9.17, 15) is 0 Å². The molecule has 0 saturated carbocycles. The van der Waals surface area contributed by atoms with E-state index in [1.165, 1.54) is 0 Å². The number of nitrogen functional groups attached to an aromatic ring is 1. The predicted octanol–water partition coefficient (Wildman–Crippen LogP) is 2.72. The van der Waals surface area contributed by atoms with Crippen LogP contribution < -0.4 is 5.73 Å². The highest BCUT2D eigenvalue weighted by atomic mass is 79.9. The molecule has 1 aromatic carbocycles. The fourth-order valence-corrected chi connectivity index (χ4v) is 1.87. The Bertz CT molecular complexity index is 662. The van der Waals surface area contributed by atoms with Gasteiger partial charge in [0.2, 0.25) is 11.5 Å². The van der Waals surface area contributed by atoms with Gasteiger partial charge in [0.05, 0.1) is 10.9 Å². The molecule has 3 rings (SSSR count). The van der Waals surface area contributed by atoms with E-state index >= 15 is 0 Å². The summed E-state index contributed by atoms with van der Waals surface area (Å²) in [4.78, 5) is 4.34. The van der Waals surface area contributed by atoms with Crippen LogP contribution in [0, 0.1) is 0 Å². The number of hydrogen-bond donors (Lipinski definition) is 1. The zero-order chi connectivity index (χ0) is 10.4. The summed E-state index contributed by atoms with van der Waals surface area (Å²) in [5.74, 6) is 0.308. The number of anilines is 1. The second kappa shape index (κ2) is 2.93. The number of benzene rings is 1. The first-order chi connectivity index (χ1) is 7.24. The SMILES string of the molecule is Nc1onc2nc3cc(Br)ccc3cc12. The second-order valence-corrected chi connectivity index (χ2v) is 4.16. The smallest absolute Gasteiger partial charge is 0.231 e. The number of nitrogens with two attached hydrogens (primary N) is 1. The predicted molar refractivity (Wildman–Crippen MR) is 61.4 cm³/mol. The van der Waals surface area contributed by atoms with Crippen LogP contribution in [0.4, 0.5) is 5.88 Å². The van der Waals surface area contributed by atoms with Crippen molar-refractivity contribution >= 4 is 43.8 Å². The van der Waals surface area contributed by atoms with E-state index in [2.05, 4.69) is 26.1 Å². The topological polar surface area (TPSA) is 64.9 Å². The van der Waals surface area contributed by atoms with Crippen LogP contribution in [0.1, 0.15) is 0 Å². The number of halogens is 1. The van der Waals surface area contributed by atoms with Gasteiger partial charge in [-0.05, 0) is 18.2 Å². The maximum absolute atomic E-state index is 5.62. The Morgan fingerprint density at radius 3 is 3.00 bits per heavy atom. The van der Waals surface area contributed by atoms with E-state index in [-0.39, 0.29) is 0 Å². The number of hydrogen-bond acceptors (Lipinski definition) is 4. The van der Waals surface area contributed by atoms with Gasteiger partial charge in [-0.2, -0.15) is 0 Å².